The van der Waals surface area contributed by atoms with Gasteiger partial charge < -0.3 is 10.3 Å². The second kappa shape index (κ2) is 5.63. The van der Waals surface area contributed by atoms with Crippen molar-refractivity contribution in [3.8, 4) is 11.4 Å². The van der Waals surface area contributed by atoms with Crippen LogP contribution in [0, 0.1) is 5.82 Å². The molecular formula is C15H11ClFN3O. The van der Waals surface area contributed by atoms with Crippen LogP contribution in [0.15, 0.2) is 53.1 Å². The van der Waals surface area contributed by atoms with Crippen molar-refractivity contribution in [2.45, 2.75) is 6.04 Å². The van der Waals surface area contributed by atoms with Gasteiger partial charge in [-0.2, -0.15) is 4.98 Å². The molecule has 0 bridgehead atoms. The van der Waals surface area contributed by atoms with E-state index in [0.29, 0.717) is 11.4 Å². The van der Waals surface area contributed by atoms with E-state index in [1.54, 1.807) is 0 Å². The van der Waals surface area contributed by atoms with Crippen molar-refractivity contribution >= 4 is 11.6 Å². The first-order valence-corrected chi connectivity index (χ1v) is 6.62. The summed E-state index contributed by atoms with van der Waals surface area (Å²) in [5.74, 6) is 0.111. The van der Waals surface area contributed by atoms with Crippen molar-refractivity contribution in [2.24, 2.45) is 5.73 Å². The lowest BCUT2D eigenvalue weighted by Gasteiger charge is -2.05. The average molecular weight is 304 g/mol. The molecule has 1 atom stereocenters. The van der Waals surface area contributed by atoms with Gasteiger partial charge in [0.2, 0.25) is 11.7 Å². The minimum absolute atomic E-state index is 0.00575. The second-order valence-corrected chi connectivity index (χ2v) is 4.88. The molecule has 0 fully saturated rings. The van der Waals surface area contributed by atoms with E-state index >= 15 is 0 Å². The summed E-state index contributed by atoms with van der Waals surface area (Å²) in [5, 5.41) is 3.86. The fraction of sp³-hybridized carbons (Fsp3) is 0.0667. The van der Waals surface area contributed by atoms with E-state index < -0.39 is 11.9 Å². The molecule has 1 heterocycles. The molecule has 2 N–H and O–H groups in total. The van der Waals surface area contributed by atoms with Crippen LogP contribution < -0.4 is 5.73 Å². The zero-order valence-corrected chi connectivity index (χ0v) is 11.6. The Hall–Kier alpha value is -2.24. The molecule has 0 spiro atoms. The van der Waals surface area contributed by atoms with E-state index in [9.17, 15) is 4.39 Å². The maximum atomic E-state index is 13.2. The summed E-state index contributed by atoms with van der Waals surface area (Å²) in [7, 11) is 0. The van der Waals surface area contributed by atoms with Crippen LogP contribution in [-0.2, 0) is 0 Å². The fourth-order valence-electron chi connectivity index (χ4n) is 1.92. The van der Waals surface area contributed by atoms with E-state index in [2.05, 4.69) is 10.1 Å². The number of nitrogens with zero attached hydrogens (tertiary/aromatic N) is 2. The second-order valence-electron chi connectivity index (χ2n) is 4.47. The van der Waals surface area contributed by atoms with Gasteiger partial charge in [0, 0.05) is 5.56 Å². The van der Waals surface area contributed by atoms with Gasteiger partial charge in [-0.3, -0.25) is 0 Å². The molecule has 0 saturated heterocycles. The van der Waals surface area contributed by atoms with Gasteiger partial charge in [0.15, 0.2) is 0 Å². The Bertz CT molecular complexity index is 761. The first kappa shape index (κ1) is 13.7. The number of benzene rings is 2. The summed E-state index contributed by atoms with van der Waals surface area (Å²) in [4.78, 5) is 4.24. The Morgan fingerprint density at radius 3 is 2.62 bits per heavy atom. The third kappa shape index (κ3) is 2.79. The number of hydrogen-bond donors (Lipinski definition) is 1. The predicted molar refractivity (Wildman–Crippen MR) is 77.2 cm³/mol. The molecule has 1 unspecified atom stereocenters. The number of aromatic nitrogens is 2. The van der Waals surface area contributed by atoms with Crippen molar-refractivity contribution in [1.29, 1.82) is 0 Å². The molecule has 3 rings (SSSR count). The third-order valence-corrected chi connectivity index (χ3v) is 3.33. The van der Waals surface area contributed by atoms with Crippen molar-refractivity contribution in [2.75, 3.05) is 0 Å². The zero-order chi connectivity index (χ0) is 14.8. The van der Waals surface area contributed by atoms with Crippen molar-refractivity contribution in [3.05, 3.63) is 70.8 Å². The van der Waals surface area contributed by atoms with Crippen LogP contribution in [0.25, 0.3) is 11.4 Å². The monoisotopic (exact) mass is 303 g/mol. The maximum absolute atomic E-state index is 13.2. The minimum Gasteiger partial charge on any atom is -0.337 e. The Balaban J connectivity index is 1.91. The van der Waals surface area contributed by atoms with E-state index in [1.807, 2.05) is 30.3 Å². The summed E-state index contributed by atoms with van der Waals surface area (Å²) in [5.41, 5.74) is 7.51. The topological polar surface area (TPSA) is 64.9 Å². The first-order chi connectivity index (χ1) is 10.1. The molecule has 0 saturated carbocycles. The van der Waals surface area contributed by atoms with Crippen LogP contribution in [0.5, 0.6) is 0 Å². The zero-order valence-electron chi connectivity index (χ0n) is 10.8. The van der Waals surface area contributed by atoms with Crippen molar-refractivity contribution in [3.63, 3.8) is 0 Å². The molecule has 3 aromatic rings. The van der Waals surface area contributed by atoms with Crippen LogP contribution >= 0.6 is 11.6 Å². The summed E-state index contributed by atoms with van der Waals surface area (Å²) in [6, 6.07) is 13.1. The van der Waals surface area contributed by atoms with Gasteiger partial charge in [-0.15, -0.1) is 0 Å². The molecule has 0 aliphatic rings. The van der Waals surface area contributed by atoms with Crippen LogP contribution in [0.3, 0.4) is 0 Å². The lowest BCUT2D eigenvalue weighted by Crippen LogP contribution is -2.11. The lowest BCUT2D eigenvalue weighted by atomic mass is 10.1. The molecule has 0 amide bonds. The molecule has 21 heavy (non-hydrogen) atoms. The van der Waals surface area contributed by atoms with Crippen molar-refractivity contribution < 1.29 is 8.91 Å². The van der Waals surface area contributed by atoms with Gasteiger partial charge in [-0.25, -0.2) is 4.39 Å². The Labute approximate surface area is 125 Å². The smallest absolute Gasteiger partial charge is 0.248 e. The number of halogens is 2. The van der Waals surface area contributed by atoms with Crippen molar-refractivity contribution in [1.82, 2.24) is 10.1 Å². The Morgan fingerprint density at radius 1 is 1.14 bits per heavy atom. The highest BCUT2D eigenvalue weighted by atomic mass is 35.5. The molecule has 1 aromatic heterocycles. The predicted octanol–water partition coefficient (Wildman–Crippen LogP) is 3.58. The van der Waals surface area contributed by atoms with Crippen LogP contribution in [0.1, 0.15) is 17.5 Å². The Kier molecular flexibility index (Phi) is 3.68. The summed E-state index contributed by atoms with van der Waals surface area (Å²) in [6.07, 6.45) is 0. The standard InChI is InChI=1S/C15H11ClFN3O/c16-11-8-10(6-7-12(11)17)14-19-15(21-20-14)13(18)9-4-2-1-3-5-9/h1-8,13H,18H2. The number of nitrogens with two attached hydrogens (primary N) is 1. The quantitative estimate of drug-likeness (QED) is 0.803. The molecule has 2 aromatic carbocycles. The van der Waals surface area contributed by atoms with E-state index in [1.165, 1.54) is 18.2 Å². The van der Waals surface area contributed by atoms with Gasteiger partial charge in [0.1, 0.15) is 11.9 Å². The lowest BCUT2D eigenvalue weighted by molar-refractivity contribution is 0.367. The van der Waals surface area contributed by atoms with E-state index in [-0.39, 0.29) is 10.9 Å². The van der Waals surface area contributed by atoms with Crippen LogP contribution in [0.2, 0.25) is 5.02 Å². The molecule has 4 nitrogen and oxygen atoms in total. The molecule has 6 heteroatoms. The molecule has 0 radical (unpaired) electrons. The van der Waals surface area contributed by atoms with Gasteiger partial charge in [-0.1, -0.05) is 47.1 Å². The first-order valence-electron chi connectivity index (χ1n) is 6.24. The Morgan fingerprint density at radius 2 is 1.90 bits per heavy atom. The molecule has 0 aliphatic heterocycles. The highest BCUT2D eigenvalue weighted by Crippen LogP contribution is 2.25. The summed E-state index contributed by atoms with van der Waals surface area (Å²) >= 11 is 5.74. The van der Waals surface area contributed by atoms with Gasteiger partial charge in [0.05, 0.1) is 5.02 Å². The number of hydrogen-bond acceptors (Lipinski definition) is 4. The maximum Gasteiger partial charge on any atom is 0.248 e. The van der Waals surface area contributed by atoms with Gasteiger partial charge >= 0.3 is 0 Å². The largest absolute Gasteiger partial charge is 0.337 e. The highest BCUT2D eigenvalue weighted by Gasteiger charge is 2.17. The normalized spacial score (nSPS) is 12.3. The third-order valence-electron chi connectivity index (χ3n) is 3.04. The highest BCUT2D eigenvalue weighted by molar-refractivity contribution is 6.31. The van der Waals surface area contributed by atoms with Gasteiger partial charge in [-0.05, 0) is 23.8 Å². The minimum atomic E-state index is -0.511. The van der Waals surface area contributed by atoms with Crippen LogP contribution in [-0.4, -0.2) is 10.1 Å². The van der Waals surface area contributed by atoms with E-state index in [0.717, 1.165) is 5.56 Å². The average Bonchev–Trinajstić information content (AvgIpc) is 3.00. The van der Waals surface area contributed by atoms with Gasteiger partial charge in [0.25, 0.3) is 0 Å². The van der Waals surface area contributed by atoms with E-state index in [4.69, 9.17) is 21.9 Å². The molecule has 106 valence electrons. The van der Waals surface area contributed by atoms with Crippen LogP contribution in [0.4, 0.5) is 4.39 Å². The molecular weight excluding hydrogens is 293 g/mol. The summed E-state index contributed by atoms with van der Waals surface area (Å²) in [6.45, 7) is 0. The fourth-order valence-corrected chi connectivity index (χ4v) is 2.10. The molecule has 0 aliphatic carbocycles. The SMILES string of the molecule is NC(c1ccccc1)c1nc(-c2ccc(F)c(Cl)c2)no1. The number of rotatable bonds is 3. The summed E-state index contributed by atoms with van der Waals surface area (Å²) < 4.78 is 18.3.